The van der Waals surface area contributed by atoms with Crippen LogP contribution >= 0.6 is 11.6 Å². The van der Waals surface area contributed by atoms with Gasteiger partial charge in [-0.25, -0.2) is 10.8 Å². The molecule has 1 aromatic rings. The van der Waals surface area contributed by atoms with Crippen LogP contribution in [0.2, 0.25) is 5.15 Å². The average Bonchev–Trinajstić information content (AvgIpc) is 2.15. The van der Waals surface area contributed by atoms with Gasteiger partial charge in [0, 0.05) is 6.54 Å². The van der Waals surface area contributed by atoms with Gasteiger partial charge in [0.25, 0.3) is 0 Å². The maximum absolute atomic E-state index is 8.92. The second-order valence-electron chi connectivity index (χ2n) is 2.86. The molecule has 1 aromatic heterocycles. The lowest BCUT2D eigenvalue weighted by Crippen LogP contribution is -2.32. The Morgan fingerprint density at radius 1 is 1.71 bits per heavy atom. The molecule has 5 heteroatoms. The molecule has 0 aliphatic rings. The van der Waals surface area contributed by atoms with E-state index in [1.165, 1.54) is 5.01 Å². The highest BCUT2D eigenvalue weighted by Gasteiger charge is 2.12. The standard InChI is InChI=1S/C9H11ClN4/c1-3-14(12)9-7(5-11)6(2)4-8(10)13-9/h4H,3,12H2,1-2H3. The van der Waals surface area contributed by atoms with E-state index in [4.69, 9.17) is 22.7 Å². The van der Waals surface area contributed by atoms with E-state index in [0.717, 1.165) is 5.56 Å². The van der Waals surface area contributed by atoms with Crippen LogP contribution in [0.4, 0.5) is 5.82 Å². The van der Waals surface area contributed by atoms with Crippen LogP contribution < -0.4 is 10.9 Å². The molecule has 0 radical (unpaired) electrons. The molecule has 0 unspecified atom stereocenters. The molecule has 2 N–H and O–H groups in total. The van der Waals surface area contributed by atoms with Crippen LogP contribution in [0.3, 0.4) is 0 Å². The van der Waals surface area contributed by atoms with E-state index >= 15 is 0 Å². The highest BCUT2D eigenvalue weighted by Crippen LogP contribution is 2.21. The summed E-state index contributed by atoms with van der Waals surface area (Å²) in [6, 6.07) is 3.71. The molecule has 14 heavy (non-hydrogen) atoms. The van der Waals surface area contributed by atoms with Gasteiger partial charge < -0.3 is 0 Å². The molecule has 1 rings (SSSR count). The second kappa shape index (κ2) is 4.27. The normalized spacial score (nSPS) is 9.64. The van der Waals surface area contributed by atoms with Crippen molar-refractivity contribution < 1.29 is 0 Å². The molecule has 74 valence electrons. The van der Waals surface area contributed by atoms with Crippen LogP contribution in [0.5, 0.6) is 0 Å². The third-order valence-electron chi connectivity index (χ3n) is 1.89. The zero-order valence-electron chi connectivity index (χ0n) is 8.08. The Kier molecular flexibility index (Phi) is 3.28. The monoisotopic (exact) mass is 210 g/mol. The second-order valence-corrected chi connectivity index (χ2v) is 3.25. The fourth-order valence-corrected chi connectivity index (χ4v) is 1.36. The van der Waals surface area contributed by atoms with E-state index in [-0.39, 0.29) is 0 Å². The molecule has 4 nitrogen and oxygen atoms in total. The van der Waals surface area contributed by atoms with Crippen molar-refractivity contribution in [3.05, 3.63) is 22.3 Å². The van der Waals surface area contributed by atoms with Crippen LogP contribution in [-0.4, -0.2) is 11.5 Å². The summed E-state index contributed by atoms with van der Waals surface area (Å²) >= 11 is 5.78. The number of aromatic nitrogens is 1. The zero-order chi connectivity index (χ0) is 10.7. The van der Waals surface area contributed by atoms with E-state index in [1.54, 1.807) is 13.0 Å². The highest BCUT2D eigenvalue weighted by molar-refractivity contribution is 6.29. The maximum Gasteiger partial charge on any atom is 0.162 e. The molecule has 0 aromatic carbocycles. The summed E-state index contributed by atoms with van der Waals surface area (Å²) < 4.78 is 0. The first-order valence-corrected chi connectivity index (χ1v) is 4.57. The summed E-state index contributed by atoms with van der Waals surface area (Å²) in [5, 5.41) is 10.7. The van der Waals surface area contributed by atoms with E-state index in [0.29, 0.717) is 23.1 Å². The lowest BCUT2D eigenvalue weighted by molar-refractivity contribution is 0.864. The van der Waals surface area contributed by atoms with Crippen molar-refractivity contribution in [2.24, 2.45) is 5.84 Å². The van der Waals surface area contributed by atoms with Gasteiger partial charge in [0.2, 0.25) is 0 Å². The molecule has 0 bridgehead atoms. The Bertz CT molecular complexity index is 383. The SMILES string of the molecule is CCN(N)c1nc(Cl)cc(C)c1C#N. The van der Waals surface area contributed by atoms with Gasteiger partial charge in [0.05, 0.1) is 5.56 Å². The van der Waals surface area contributed by atoms with Gasteiger partial charge in [-0.15, -0.1) is 0 Å². The summed E-state index contributed by atoms with van der Waals surface area (Å²) in [5.41, 5.74) is 1.25. The van der Waals surface area contributed by atoms with Gasteiger partial charge in [-0.2, -0.15) is 5.26 Å². The van der Waals surface area contributed by atoms with E-state index in [2.05, 4.69) is 11.1 Å². The van der Waals surface area contributed by atoms with E-state index in [1.807, 2.05) is 6.92 Å². The maximum atomic E-state index is 8.92. The topological polar surface area (TPSA) is 65.9 Å². The van der Waals surface area contributed by atoms with Gasteiger partial charge in [-0.05, 0) is 25.5 Å². The Labute approximate surface area is 87.9 Å². The fraction of sp³-hybridized carbons (Fsp3) is 0.333. The Morgan fingerprint density at radius 2 is 2.36 bits per heavy atom. The van der Waals surface area contributed by atoms with Crippen LogP contribution in [-0.2, 0) is 0 Å². The summed E-state index contributed by atoms with van der Waals surface area (Å²) in [6.45, 7) is 4.25. The molecule has 0 amide bonds. The van der Waals surface area contributed by atoms with Crippen molar-refractivity contribution in [2.45, 2.75) is 13.8 Å². The number of anilines is 1. The van der Waals surface area contributed by atoms with Crippen LogP contribution in [0.15, 0.2) is 6.07 Å². The minimum atomic E-state index is 0.348. The van der Waals surface area contributed by atoms with Crippen molar-refractivity contribution in [3.8, 4) is 6.07 Å². The molecule has 0 aliphatic heterocycles. The molecular weight excluding hydrogens is 200 g/mol. The predicted molar refractivity (Wildman–Crippen MR) is 55.9 cm³/mol. The zero-order valence-corrected chi connectivity index (χ0v) is 8.84. The number of hydrogen-bond donors (Lipinski definition) is 1. The van der Waals surface area contributed by atoms with Crippen molar-refractivity contribution in [1.82, 2.24) is 4.98 Å². The van der Waals surface area contributed by atoms with Crippen molar-refractivity contribution in [1.29, 1.82) is 5.26 Å². The minimum absolute atomic E-state index is 0.348. The number of nitrogens with two attached hydrogens (primary N) is 1. The van der Waals surface area contributed by atoms with Crippen molar-refractivity contribution in [3.63, 3.8) is 0 Å². The molecular formula is C9H11ClN4. The third kappa shape index (κ3) is 1.95. The highest BCUT2D eigenvalue weighted by atomic mass is 35.5. The Hall–Kier alpha value is -1.31. The summed E-state index contributed by atoms with van der Waals surface area (Å²) in [6.07, 6.45) is 0. The number of pyridine rings is 1. The number of nitriles is 1. The first-order valence-electron chi connectivity index (χ1n) is 4.19. The largest absolute Gasteiger partial charge is 0.294 e. The predicted octanol–water partition coefficient (Wildman–Crippen LogP) is 1.62. The fourth-order valence-electron chi connectivity index (χ4n) is 1.11. The van der Waals surface area contributed by atoms with Crippen LogP contribution in [0.1, 0.15) is 18.1 Å². The smallest absolute Gasteiger partial charge is 0.162 e. The van der Waals surface area contributed by atoms with Crippen LogP contribution in [0, 0.1) is 18.3 Å². The number of aryl methyl sites for hydroxylation is 1. The van der Waals surface area contributed by atoms with Gasteiger partial charge in [-0.1, -0.05) is 11.6 Å². The first-order chi connectivity index (χ1) is 6.60. The molecule has 0 atom stereocenters. The quantitative estimate of drug-likeness (QED) is 0.458. The first kappa shape index (κ1) is 10.8. The number of nitrogens with zero attached hydrogens (tertiary/aromatic N) is 3. The summed E-state index contributed by atoms with van der Waals surface area (Å²) in [7, 11) is 0. The number of rotatable bonds is 2. The van der Waals surface area contributed by atoms with Gasteiger partial charge in [-0.3, -0.25) is 5.01 Å². The lowest BCUT2D eigenvalue weighted by Gasteiger charge is -2.17. The molecule has 1 heterocycles. The third-order valence-corrected chi connectivity index (χ3v) is 2.08. The van der Waals surface area contributed by atoms with Gasteiger partial charge in [0.15, 0.2) is 5.82 Å². The van der Waals surface area contributed by atoms with E-state index in [9.17, 15) is 0 Å². The molecule has 0 aliphatic carbocycles. The van der Waals surface area contributed by atoms with Gasteiger partial charge in [0.1, 0.15) is 11.2 Å². The average molecular weight is 211 g/mol. The minimum Gasteiger partial charge on any atom is -0.294 e. The summed E-state index contributed by atoms with van der Waals surface area (Å²) in [5.74, 6) is 6.10. The number of halogens is 1. The summed E-state index contributed by atoms with van der Waals surface area (Å²) in [4.78, 5) is 4.02. The van der Waals surface area contributed by atoms with Crippen LogP contribution in [0.25, 0.3) is 0 Å². The lowest BCUT2D eigenvalue weighted by atomic mass is 10.1. The molecule has 0 spiro atoms. The van der Waals surface area contributed by atoms with Gasteiger partial charge >= 0.3 is 0 Å². The van der Waals surface area contributed by atoms with Crippen molar-refractivity contribution >= 4 is 17.4 Å². The van der Waals surface area contributed by atoms with Crippen molar-refractivity contribution in [2.75, 3.05) is 11.6 Å². The van der Waals surface area contributed by atoms with E-state index < -0.39 is 0 Å². The Morgan fingerprint density at radius 3 is 2.86 bits per heavy atom. The molecule has 0 fully saturated rings. The number of hydrazine groups is 1. The number of hydrogen-bond acceptors (Lipinski definition) is 4. The molecule has 0 saturated carbocycles. The Balaban J connectivity index is 3.34. The molecule has 0 saturated heterocycles.